The molecule has 0 saturated carbocycles. The van der Waals surface area contributed by atoms with E-state index in [1.165, 1.54) is 18.9 Å². The van der Waals surface area contributed by atoms with Crippen molar-refractivity contribution in [2.24, 2.45) is 0 Å². The van der Waals surface area contributed by atoms with Crippen molar-refractivity contribution in [3.63, 3.8) is 0 Å². The van der Waals surface area contributed by atoms with Crippen LogP contribution in [0.4, 0.5) is 0 Å². The van der Waals surface area contributed by atoms with Gasteiger partial charge < -0.3 is 4.74 Å². The zero-order valence-electron chi connectivity index (χ0n) is 16.6. The topological polar surface area (TPSA) is 69.9 Å². The highest BCUT2D eigenvalue weighted by atomic mass is 32.2. The zero-order valence-corrected chi connectivity index (χ0v) is 17.4. The van der Waals surface area contributed by atoms with Gasteiger partial charge in [0.25, 0.3) is 0 Å². The van der Waals surface area contributed by atoms with Crippen LogP contribution in [0.15, 0.2) is 84.3 Å². The second-order valence-electron chi connectivity index (χ2n) is 6.64. The molecule has 2 aromatic carbocycles. The molecule has 0 spiro atoms. The van der Waals surface area contributed by atoms with E-state index < -0.39 is 5.25 Å². The number of pyridine rings is 1. The van der Waals surface area contributed by atoms with E-state index in [0.29, 0.717) is 11.0 Å². The number of aromatic nitrogens is 4. The highest BCUT2D eigenvalue weighted by Gasteiger charge is 2.27. The standard InChI is InChI=1S/C23H20N4O2S/c1-16-8-10-19(11-9-16)27-21(18-12-14-24-15-13-18)25-26-23(27)30-20(22(28)29-2)17-6-4-3-5-7-17/h3-15,20H,1-2H3. The molecule has 30 heavy (non-hydrogen) atoms. The molecule has 0 radical (unpaired) electrons. The van der Waals surface area contributed by atoms with Gasteiger partial charge in [-0.2, -0.15) is 0 Å². The summed E-state index contributed by atoms with van der Waals surface area (Å²) in [6, 6.07) is 21.4. The molecule has 7 heteroatoms. The van der Waals surface area contributed by atoms with E-state index in [0.717, 1.165) is 22.4 Å². The molecule has 4 rings (SSSR count). The van der Waals surface area contributed by atoms with Gasteiger partial charge in [0.1, 0.15) is 5.25 Å². The molecule has 1 unspecified atom stereocenters. The lowest BCUT2D eigenvalue weighted by Gasteiger charge is -2.16. The van der Waals surface area contributed by atoms with Crippen LogP contribution < -0.4 is 0 Å². The Hall–Kier alpha value is -3.45. The van der Waals surface area contributed by atoms with Gasteiger partial charge in [0, 0.05) is 23.6 Å². The molecule has 0 bridgehead atoms. The van der Waals surface area contributed by atoms with E-state index in [9.17, 15) is 4.79 Å². The van der Waals surface area contributed by atoms with Crippen molar-refractivity contribution in [2.75, 3.05) is 7.11 Å². The number of benzene rings is 2. The fourth-order valence-electron chi connectivity index (χ4n) is 3.05. The number of carbonyl (C=O) groups is 1. The van der Waals surface area contributed by atoms with E-state index in [1.54, 1.807) is 12.4 Å². The maximum Gasteiger partial charge on any atom is 0.323 e. The average molecular weight is 417 g/mol. The number of esters is 1. The monoisotopic (exact) mass is 416 g/mol. The van der Waals surface area contributed by atoms with E-state index in [2.05, 4.69) is 15.2 Å². The van der Waals surface area contributed by atoms with Crippen molar-refractivity contribution >= 4 is 17.7 Å². The molecule has 0 saturated heterocycles. The van der Waals surface area contributed by atoms with Gasteiger partial charge in [0.15, 0.2) is 11.0 Å². The van der Waals surface area contributed by atoms with Crippen LogP contribution in [0.25, 0.3) is 17.1 Å². The smallest absolute Gasteiger partial charge is 0.323 e. The Balaban J connectivity index is 1.82. The van der Waals surface area contributed by atoms with Crippen LogP contribution in [0.3, 0.4) is 0 Å². The second kappa shape index (κ2) is 8.92. The number of nitrogens with zero attached hydrogens (tertiary/aromatic N) is 4. The molecule has 150 valence electrons. The molecule has 0 aliphatic rings. The van der Waals surface area contributed by atoms with Gasteiger partial charge >= 0.3 is 5.97 Å². The van der Waals surface area contributed by atoms with Crippen LogP contribution in [0, 0.1) is 6.92 Å². The first kappa shape index (κ1) is 19.8. The van der Waals surface area contributed by atoms with Gasteiger partial charge in [0.05, 0.1) is 7.11 Å². The summed E-state index contributed by atoms with van der Waals surface area (Å²) in [5.74, 6) is 0.343. The predicted molar refractivity (Wildman–Crippen MR) is 116 cm³/mol. The number of rotatable bonds is 6. The first-order valence-electron chi connectivity index (χ1n) is 9.39. The van der Waals surface area contributed by atoms with E-state index in [1.807, 2.05) is 78.2 Å². The summed E-state index contributed by atoms with van der Waals surface area (Å²) >= 11 is 1.31. The predicted octanol–water partition coefficient (Wildman–Crippen LogP) is 4.64. The Bertz CT molecular complexity index is 1130. The van der Waals surface area contributed by atoms with Crippen LogP contribution in [0.2, 0.25) is 0 Å². The zero-order chi connectivity index (χ0) is 20.9. The van der Waals surface area contributed by atoms with Gasteiger partial charge in [-0.25, -0.2) is 0 Å². The summed E-state index contributed by atoms with van der Waals surface area (Å²) in [6.45, 7) is 2.04. The quantitative estimate of drug-likeness (QED) is 0.337. The first-order chi connectivity index (χ1) is 14.7. The highest BCUT2D eigenvalue weighted by molar-refractivity contribution is 8.00. The average Bonchev–Trinajstić information content (AvgIpc) is 3.22. The number of hydrogen-bond donors (Lipinski definition) is 0. The van der Waals surface area contributed by atoms with Crippen molar-refractivity contribution in [1.82, 2.24) is 19.7 Å². The maximum atomic E-state index is 12.6. The van der Waals surface area contributed by atoms with Crippen molar-refractivity contribution in [1.29, 1.82) is 0 Å². The largest absolute Gasteiger partial charge is 0.468 e. The molecule has 0 aliphatic carbocycles. The van der Waals surface area contributed by atoms with Gasteiger partial charge in [-0.3, -0.25) is 14.3 Å². The lowest BCUT2D eigenvalue weighted by Crippen LogP contribution is -2.12. The van der Waals surface area contributed by atoms with Crippen molar-refractivity contribution in [2.45, 2.75) is 17.3 Å². The Morgan fingerprint density at radius 1 is 0.967 bits per heavy atom. The van der Waals surface area contributed by atoms with Crippen molar-refractivity contribution < 1.29 is 9.53 Å². The molecule has 2 heterocycles. The van der Waals surface area contributed by atoms with Gasteiger partial charge in [0.2, 0.25) is 0 Å². The van der Waals surface area contributed by atoms with Crippen LogP contribution in [-0.4, -0.2) is 32.8 Å². The van der Waals surface area contributed by atoms with E-state index in [-0.39, 0.29) is 5.97 Å². The Labute approximate surface area is 179 Å². The van der Waals surface area contributed by atoms with Gasteiger partial charge in [-0.1, -0.05) is 59.8 Å². The molecule has 1 atom stereocenters. The number of thioether (sulfide) groups is 1. The summed E-state index contributed by atoms with van der Waals surface area (Å²) in [5, 5.41) is 8.89. The van der Waals surface area contributed by atoms with Crippen LogP contribution in [0.1, 0.15) is 16.4 Å². The van der Waals surface area contributed by atoms with Crippen LogP contribution >= 0.6 is 11.8 Å². The number of methoxy groups -OCH3 is 1. The second-order valence-corrected chi connectivity index (χ2v) is 7.72. The van der Waals surface area contributed by atoms with E-state index >= 15 is 0 Å². The number of carbonyl (C=O) groups excluding carboxylic acids is 1. The minimum absolute atomic E-state index is 0.338. The minimum Gasteiger partial charge on any atom is -0.468 e. The highest BCUT2D eigenvalue weighted by Crippen LogP contribution is 2.38. The lowest BCUT2D eigenvalue weighted by atomic mass is 10.1. The van der Waals surface area contributed by atoms with Gasteiger partial charge in [-0.05, 0) is 36.8 Å². The molecule has 0 aliphatic heterocycles. The summed E-state index contributed by atoms with van der Waals surface area (Å²) < 4.78 is 7.02. The fraction of sp³-hybridized carbons (Fsp3) is 0.130. The third-order valence-corrected chi connectivity index (χ3v) is 5.78. The summed E-state index contributed by atoms with van der Waals surface area (Å²) in [7, 11) is 1.39. The molecule has 0 fully saturated rings. The number of hydrogen-bond acceptors (Lipinski definition) is 6. The lowest BCUT2D eigenvalue weighted by molar-refractivity contribution is -0.140. The van der Waals surface area contributed by atoms with Crippen LogP contribution in [0.5, 0.6) is 0 Å². The fourth-order valence-corrected chi connectivity index (χ4v) is 4.14. The molecule has 0 amide bonds. The SMILES string of the molecule is COC(=O)C(Sc1nnc(-c2ccncc2)n1-c1ccc(C)cc1)c1ccccc1. The first-order valence-corrected chi connectivity index (χ1v) is 10.3. The molecule has 6 nitrogen and oxygen atoms in total. The van der Waals surface area contributed by atoms with E-state index in [4.69, 9.17) is 4.74 Å². The third kappa shape index (κ3) is 4.11. The Morgan fingerprint density at radius 3 is 2.33 bits per heavy atom. The number of ether oxygens (including phenoxy) is 1. The molecular weight excluding hydrogens is 396 g/mol. The summed E-state index contributed by atoms with van der Waals surface area (Å²) in [5.41, 5.74) is 3.80. The normalized spacial score (nSPS) is 11.8. The molecule has 2 aromatic heterocycles. The summed E-state index contributed by atoms with van der Waals surface area (Å²) in [4.78, 5) is 16.7. The molecular formula is C23H20N4O2S. The van der Waals surface area contributed by atoms with Crippen molar-refractivity contribution in [3.05, 3.63) is 90.3 Å². The maximum absolute atomic E-state index is 12.6. The minimum atomic E-state index is -0.560. The molecule has 0 N–H and O–H groups in total. The van der Waals surface area contributed by atoms with Gasteiger partial charge in [-0.15, -0.1) is 10.2 Å². The third-order valence-electron chi connectivity index (χ3n) is 4.60. The Kier molecular flexibility index (Phi) is 5.90. The van der Waals surface area contributed by atoms with Crippen molar-refractivity contribution in [3.8, 4) is 17.1 Å². The number of aryl methyl sites for hydroxylation is 1. The molecule has 4 aromatic rings. The Morgan fingerprint density at radius 2 is 1.67 bits per heavy atom. The summed E-state index contributed by atoms with van der Waals surface area (Å²) in [6.07, 6.45) is 3.44. The van der Waals surface area contributed by atoms with Crippen LogP contribution in [-0.2, 0) is 9.53 Å².